The fourth-order valence-corrected chi connectivity index (χ4v) is 5.85. The topological polar surface area (TPSA) is 85.4 Å². The Morgan fingerprint density at radius 2 is 1.74 bits per heavy atom. The lowest BCUT2D eigenvalue weighted by molar-refractivity contribution is 0.0216. The van der Waals surface area contributed by atoms with Crippen LogP contribution in [0.3, 0.4) is 0 Å². The largest absolute Gasteiger partial charge is 0.598 e. The minimum Gasteiger partial charge on any atom is -0.598 e. The standard InChI is InChI=1S/C25H37N3O5S/c1-5-28(24(30)32-19-20-9-7-6-8-10-20)21-11-17-27(18-12-21)34(31)22-13-15-26(16-14-22)23(29)33-25(2,3)4/h5-10,21-22H,1,11-19H2,2-4H3. The van der Waals surface area contributed by atoms with Crippen LogP contribution in [0.2, 0.25) is 0 Å². The summed E-state index contributed by atoms with van der Waals surface area (Å²) in [4.78, 5) is 28.1. The van der Waals surface area contributed by atoms with E-state index >= 15 is 0 Å². The maximum Gasteiger partial charge on any atom is 0.414 e. The molecule has 0 aliphatic carbocycles. The smallest absolute Gasteiger partial charge is 0.414 e. The van der Waals surface area contributed by atoms with Gasteiger partial charge >= 0.3 is 12.2 Å². The van der Waals surface area contributed by atoms with Crippen LogP contribution in [0.4, 0.5) is 9.59 Å². The molecule has 188 valence electrons. The predicted molar refractivity (Wildman–Crippen MR) is 132 cm³/mol. The quantitative estimate of drug-likeness (QED) is 0.552. The van der Waals surface area contributed by atoms with Gasteiger partial charge in [0.1, 0.15) is 17.5 Å². The molecule has 0 spiro atoms. The maximum atomic E-state index is 13.2. The summed E-state index contributed by atoms with van der Waals surface area (Å²) in [5, 5.41) is 0.0292. The van der Waals surface area contributed by atoms with E-state index in [2.05, 4.69) is 6.58 Å². The van der Waals surface area contributed by atoms with Crippen LogP contribution in [0.1, 0.15) is 52.0 Å². The Morgan fingerprint density at radius 3 is 2.29 bits per heavy atom. The van der Waals surface area contributed by atoms with Crippen LogP contribution in [0, 0.1) is 0 Å². The highest BCUT2D eigenvalue weighted by Crippen LogP contribution is 2.27. The van der Waals surface area contributed by atoms with Gasteiger partial charge in [-0.25, -0.2) is 9.59 Å². The molecule has 3 rings (SSSR count). The van der Waals surface area contributed by atoms with Crippen LogP contribution in [-0.2, 0) is 27.4 Å². The lowest BCUT2D eigenvalue weighted by Crippen LogP contribution is -2.51. The highest BCUT2D eigenvalue weighted by molar-refractivity contribution is 7.89. The molecule has 0 bridgehead atoms. The van der Waals surface area contributed by atoms with E-state index in [9.17, 15) is 14.1 Å². The van der Waals surface area contributed by atoms with Gasteiger partial charge in [0.15, 0.2) is 0 Å². The molecule has 2 fully saturated rings. The summed E-state index contributed by atoms with van der Waals surface area (Å²) < 4.78 is 26.1. The van der Waals surface area contributed by atoms with Crippen molar-refractivity contribution in [3.63, 3.8) is 0 Å². The first-order valence-corrected chi connectivity index (χ1v) is 13.1. The first-order valence-electron chi connectivity index (χ1n) is 11.9. The van der Waals surface area contributed by atoms with Crippen LogP contribution in [0.15, 0.2) is 43.1 Å². The van der Waals surface area contributed by atoms with Gasteiger partial charge in [-0.2, -0.15) is 0 Å². The van der Waals surface area contributed by atoms with Crippen LogP contribution in [0.25, 0.3) is 0 Å². The molecule has 1 aromatic carbocycles. The van der Waals surface area contributed by atoms with Crippen molar-refractivity contribution >= 4 is 23.5 Å². The molecule has 0 radical (unpaired) electrons. The molecule has 1 aromatic rings. The van der Waals surface area contributed by atoms with Crippen LogP contribution in [-0.4, -0.2) is 73.9 Å². The molecule has 2 aliphatic heterocycles. The van der Waals surface area contributed by atoms with Gasteiger partial charge in [-0.1, -0.05) is 36.9 Å². The van der Waals surface area contributed by atoms with Crippen molar-refractivity contribution in [2.24, 2.45) is 0 Å². The molecule has 2 saturated heterocycles. The molecule has 0 aromatic heterocycles. The van der Waals surface area contributed by atoms with Crippen molar-refractivity contribution in [3.8, 4) is 0 Å². The van der Waals surface area contributed by atoms with E-state index in [0.29, 0.717) is 51.9 Å². The summed E-state index contributed by atoms with van der Waals surface area (Å²) in [7, 11) is 0. The Labute approximate surface area is 206 Å². The Hall–Kier alpha value is -2.23. The van der Waals surface area contributed by atoms with Crippen molar-refractivity contribution < 1.29 is 23.6 Å². The van der Waals surface area contributed by atoms with E-state index in [0.717, 1.165) is 5.56 Å². The highest BCUT2D eigenvalue weighted by atomic mass is 32.2. The van der Waals surface area contributed by atoms with Crippen LogP contribution >= 0.6 is 0 Å². The van der Waals surface area contributed by atoms with Gasteiger partial charge in [-0.05, 0) is 39.2 Å². The van der Waals surface area contributed by atoms with E-state index in [-0.39, 0.29) is 24.0 Å². The second kappa shape index (κ2) is 12.0. The average molecular weight is 492 g/mol. The first-order chi connectivity index (χ1) is 16.2. The van der Waals surface area contributed by atoms with E-state index in [1.165, 1.54) is 6.20 Å². The lowest BCUT2D eigenvalue weighted by Gasteiger charge is -2.39. The number of amides is 2. The number of likely N-dealkylation sites (tertiary alicyclic amines) is 1. The van der Waals surface area contributed by atoms with Crippen molar-refractivity contribution in [2.75, 3.05) is 26.2 Å². The number of benzene rings is 1. The van der Waals surface area contributed by atoms with Crippen molar-refractivity contribution in [1.29, 1.82) is 0 Å². The summed E-state index contributed by atoms with van der Waals surface area (Å²) in [6.45, 7) is 12.0. The van der Waals surface area contributed by atoms with Gasteiger partial charge in [-0.3, -0.25) is 4.90 Å². The Bertz CT molecular complexity index is 816. The lowest BCUT2D eigenvalue weighted by atomic mass is 10.1. The Balaban J connectivity index is 1.43. The number of hydrogen-bond acceptors (Lipinski definition) is 6. The van der Waals surface area contributed by atoms with E-state index in [4.69, 9.17) is 9.47 Å². The minimum absolute atomic E-state index is 0.0250. The second-order valence-electron chi connectivity index (χ2n) is 9.73. The second-order valence-corrected chi connectivity index (χ2v) is 11.5. The molecule has 1 atom stereocenters. The fraction of sp³-hybridized carbons (Fsp3) is 0.600. The summed E-state index contributed by atoms with van der Waals surface area (Å²) in [5.41, 5.74) is 0.414. The molecule has 1 unspecified atom stereocenters. The SMILES string of the molecule is C=CN(C(=O)OCc1ccccc1)C1CCN([S+]([O-])C2CCN(C(=O)OC(C)(C)C)CC2)CC1. The third-order valence-corrected chi connectivity index (χ3v) is 7.98. The number of carbonyl (C=O) groups is 2. The molecule has 2 aliphatic rings. The van der Waals surface area contributed by atoms with Gasteiger partial charge in [0.05, 0.1) is 0 Å². The van der Waals surface area contributed by atoms with Crippen molar-refractivity contribution in [2.45, 2.75) is 70.0 Å². The predicted octanol–water partition coefficient (Wildman–Crippen LogP) is 4.30. The first kappa shape index (κ1) is 26.4. The highest BCUT2D eigenvalue weighted by Gasteiger charge is 2.38. The third kappa shape index (κ3) is 7.38. The molecule has 34 heavy (non-hydrogen) atoms. The fourth-order valence-electron chi connectivity index (χ4n) is 4.24. The van der Waals surface area contributed by atoms with Gasteiger partial charge < -0.3 is 18.9 Å². The number of hydrogen-bond donors (Lipinski definition) is 0. The zero-order valence-corrected chi connectivity index (χ0v) is 21.3. The Morgan fingerprint density at radius 1 is 1.12 bits per heavy atom. The zero-order chi connectivity index (χ0) is 24.7. The zero-order valence-electron chi connectivity index (χ0n) is 20.5. The summed E-state index contributed by atoms with van der Waals surface area (Å²) in [6, 6.07) is 9.54. The molecule has 0 saturated carbocycles. The van der Waals surface area contributed by atoms with Gasteiger partial charge in [-0.15, -0.1) is 4.31 Å². The molecular weight excluding hydrogens is 454 g/mol. The third-order valence-electron chi connectivity index (χ3n) is 6.06. The van der Waals surface area contributed by atoms with Crippen LogP contribution < -0.4 is 0 Å². The van der Waals surface area contributed by atoms with E-state index in [1.807, 2.05) is 55.4 Å². The van der Waals surface area contributed by atoms with Crippen molar-refractivity contribution in [1.82, 2.24) is 14.1 Å². The summed E-state index contributed by atoms with van der Waals surface area (Å²) in [5.74, 6) is 0. The molecule has 2 heterocycles. The molecule has 9 heteroatoms. The molecule has 0 N–H and O–H groups in total. The normalized spacial score (nSPS) is 19.4. The minimum atomic E-state index is -1.12. The number of piperidine rings is 2. The van der Waals surface area contributed by atoms with Gasteiger partial charge in [0, 0.05) is 62.6 Å². The van der Waals surface area contributed by atoms with E-state index < -0.39 is 23.1 Å². The number of carbonyl (C=O) groups excluding carboxylic acids is 2. The monoisotopic (exact) mass is 491 g/mol. The van der Waals surface area contributed by atoms with Gasteiger partial charge in [0.25, 0.3) is 0 Å². The number of rotatable bonds is 6. The number of ether oxygens (including phenoxy) is 2. The number of nitrogens with zero attached hydrogens (tertiary/aromatic N) is 3. The summed E-state index contributed by atoms with van der Waals surface area (Å²) >= 11 is -1.12. The Kier molecular flexibility index (Phi) is 9.27. The average Bonchev–Trinajstić information content (AvgIpc) is 2.83. The molecular formula is C25H37N3O5S. The van der Waals surface area contributed by atoms with Crippen molar-refractivity contribution in [3.05, 3.63) is 48.7 Å². The van der Waals surface area contributed by atoms with Crippen LogP contribution in [0.5, 0.6) is 0 Å². The molecule has 8 nitrogen and oxygen atoms in total. The van der Waals surface area contributed by atoms with Gasteiger partial charge in [0.2, 0.25) is 0 Å². The molecule has 2 amide bonds. The maximum absolute atomic E-state index is 13.2. The van der Waals surface area contributed by atoms with E-state index in [1.54, 1.807) is 9.80 Å². The summed E-state index contributed by atoms with van der Waals surface area (Å²) in [6.07, 6.45) is 3.60.